The zero-order valence-corrected chi connectivity index (χ0v) is 11.7. The lowest BCUT2D eigenvalue weighted by molar-refractivity contribution is -0.121. The fraction of sp³-hybridized carbons (Fsp3) is 0.429. The van der Waals surface area contributed by atoms with Crippen LogP contribution in [0.2, 0.25) is 0 Å². The maximum atomic E-state index is 13.0. The Kier molecular flexibility index (Phi) is 5.24. The van der Waals surface area contributed by atoms with E-state index in [1.165, 1.54) is 12.1 Å². The van der Waals surface area contributed by atoms with Crippen LogP contribution in [0.3, 0.4) is 0 Å². The molecule has 21 heavy (non-hydrogen) atoms. The van der Waals surface area contributed by atoms with E-state index in [2.05, 4.69) is 5.32 Å². The number of carbonyl (C=O) groups excluding carboxylic acids is 2. The van der Waals surface area contributed by atoms with E-state index in [-0.39, 0.29) is 30.7 Å². The van der Waals surface area contributed by atoms with E-state index in [4.69, 9.17) is 5.73 Å². The molecule has 0 atom stereocenters. The minimum absolute atomic E-state index is 0.177. The molecule has 3 N–H and O–H groups in total. The number of benzene rings is 1. The quantitative estimate of drug-likeness (QED) is 0.793. The molecule has 2 rings (SSSR count). The lowest BCUT2D eigenvalue weighted by Crippen LogP contribution is -2.50. The van der Waals surface area contributed by atoms with Gasteiger partial charge in [0.25, 0.3) is 0 Å². The number of nitrogens with zero attached hydrogens (tertiary/aromatic N) is 2. The fourth-order valence-electron chi connectivity index (χ4n) is 2.30. The number of carbonyl (C=O) groups is 2. The van der Waals surface area contributed by atoms with Crippen molar-refractivity contribution in [2.75, 3.05) is 44.6 Å². The first kappa shape index (κ1) is 15.4. The van der Waals surface area contributed by atoms with Crippen molar-refractivity contribution in [3.05, 3.63) is 30.1 Å². The Hall–Kier alpha value is -1.99. The summed E-state index contributed by atoms with van der Waals surface area (Å²) in [6.07, 6.45) is 0. The lowest BCUT2D eigenvalue weighted by atomic mass is 10.3. The second-order valence-electron chi connectivity index (χ2n) is 5.08. The van der Waals surface area contributed by atoms with Crippen LogP contribution in [0.5, 0.6) is 0 Å². The van der Waals surface area contributed by atoms with Crippen molar-refractivity contribution in [1.82, 2.24) is 9.80 Å². The predicted molar refractivity (Wildman–Crippen MR) is 77.1 cm³/mol. The molecule has 0 bridgehead atoms. The van der Waals surface area contributed by atoms with E-state index in [1.54, 1.807) is 12.1 Å². The van der Waals surface area contributed by atoms with Gasteiger partial charge in [-0.3, -0.25) is 19.4 Å². The van der Waals surface area contributed by atoms with E-state index in [9.17, 15) is 14.0 Å². The molecule has 6 nitrogen and oxygen atoms in total. The molecule has 0 spiro atoms. The maximum Gasteiger partial charge on any atom is 0.238 e. The third-order valence-electron chi connectivity index (χ3n) is 3.32. The third-order valence-corrected chi connectivity index (χ3v) is 3.32. The summed E-state index contributed by atoms with van der Waals surface area (Å²) >= 11 is 0. The summed E-state index contributed by atoms with van der Waals surface area (Å²) in [6.45, 7) is 3.31. The van der Waals surface area contributed by atoms with Crippen LogP contribution in [-0.4, -0.2) is 60.9 Å². The summed E-state index contributed by atoms with van der Waals surface area (Å²) in [5, 5.41) is 2.67. The normalized spacial score (nSPS) is 16.6. The van der Waals surface area contributed by atoms with Crippen molar-refractivity contribution in [2.45, 2.75) is 0 Å². The highest BCUT2D eigenvalue weighted by atomic mass is 19.1. The molecule has 1 aliphatic rings. The van der Waals surface area contributed by atoms with Crippen molar-refractivity contribution < 1.29 is 14.0 Å². The van der Waals surface area contributed by atoms with Crippen LogP contribution in [0.4, 0.5) is 10.1 Å². The molecular formula is C14H19FN4O2. The van der Waals surface area contributed by atoms with Gasteiger partial charge >= 0.3 is 0 Å². The number of nitrogens with two attached hydrogens (primary N) is 1. The van der Waals surface area contributed by atoms with Crippen molar-refractivity contribution in [3.63, 3.8) is 0 Å². The van der Waals surface area contributed by atoms with Gasteiger partial charge in [0.2, 0.25) is 11.8 Å². The largest absolute Gasteiger partial charge is 0.369 e. The summed E-state index contributed by atoms with van der Waals surface area (Å²) in [7, 11) is 0. The van der Waals surface area contributed by atoms with Crippen molar-refractivity contribution in [2.24, 2.45) is 5.73 Å². The summed E-state index contributed by atoms with van der Waals surface area (Å²) in [5.74, 6) is -0.899. The highest BCUT2D eigenvalue weighted by molar-refractivity contribution is 5.92. The van der Waals surface area contributed by atoms with Crippen LogP contribution >= 0.6 is 0 Å². The van der Waals surface area contributed by atoms with Crippen LogP contribution < -0.4 is 11.1 Å². The summed E-state index contributed by atoms with van der Waals surface area (Å²) in [6, 6.07) is 5.80. The predicted octanol–water partition coefficient (Wildman–Crippen LogP) is -0.133. The van der Waals surface area contributed by atoms with E-state index >= 15 is 0 Å². The van der Waals surface area contributed by atoms with Gasteiger partial charge in [0.1, 0.15) is 5.82 Å². The Morgan fingerprint density at radius 1 is 1.14 bits per heavy atom. The molecule has 1 saturated heterocycles. The van der Waals surface area contributed by atoms with Crippen LogP contribution in [-0.2, 0) is 9.59 Å². The Balaban J connectivity index is 1.75. The number of hydrogen-bond acceptors (Lipinski definition) is 4. The molecule has 0 unspecified atom stereocenters. The standard InChI is InChI=1S/C14H19FN4O2/c15-11-2-1-3-12(8-11)17-14(21)10-19-6-4-18(5-7-19)9-13(16)20/h1-3,8H,4-7,9-10H2,(H2,16,20)(H,17,21). The molecule has 0 radical (unpaired) electrons. The summed E-state index contributed by atoms with van der Waals surface area (Å²) in [5.41, 5.74) is 5.60. The lowest BCUT2D eigenvalue weighted by Gasteiger charge is -2.33. The minimum atomic E-state index is -0.382. The molecule has 0 saturated carbocycles. The molecule has 1 fully saturated rings. The molecule has 7 heteroatoms. The van der Waals surface area contributed by atoms with Crippen LogP contribution in [0.1, 0.15) is 0 Å². The zero-order chi connectivity index (χ0) is 15.2. The average Bonchev–Trinajstić information content (AvgIpc) is 2.40. The first-order valence-electron chi connectivity index (χ1n) is 6.81. The Bertz CT molecular complexity index is 515. The Morgan fingerprint density at radius 2 is 1.76 bits per heavy atom. The minimum Gasteiger partial charge on any atom is -0.369 e. The first-order chi connectivity index (χ1) is 10.0. The molecular weight excluding hydrogens is 275 g/mol. The monoisotopic (exact) mass is 294 g/mol. The van der Waals surface area contributed by atoms with Crippen LogP contribution in [0.25, 0.3) is 0 Å². The molecule has 0 aliphatic carbocycles. The van der Waals surface area contributed by atoms with Gasteiger partial charge in [0.15, 0.2) is 0 Å². The van der Waals surface area contributed by atoms with Gasteiger partial charge in [-0.1, -0.05) is 6.07 Å². The summed E-state index contributed by atoms with van der Waals surface area (Å²) < 4.78 is 13.0. The van der Waals surface area contributed by atoms with Gasteiger partial charge in [-0.2, -0.15) is 0 Å². The highest BCUT2D eigenvalue weighted by Crippen LogP contribution is 2.09. The molecule has 1 aromatic carbocycles. The van der Waals surface area contributed by atoms with E-state index in [0.29, 0.717) is 31.9 Å². The number of rotatable bonds is 5. The van der Waals surface area contributed by atoms with Crippen LogP contribution in [0.15, 0.2) is 24.3 Å². The molecule has 1 aliphatic heterocycles. The van der Waals surface area contributed by atoms with Crippen molar-refractivity contribution >= 4 is 17.5 Å². The number of piperazine rings is 1. The van der Waals surface area contributed by atoms with Gasteiger partial charge in [0.05, 0.1) is 13.1 Å². The van der Waals surface area contributed by atoms with Gasteiger partial charge in [-0.05, 0) is 18.2 Å². The van der Waals surface area contributed by atoms with E-state index in [1.807, 2.05) is 9.80 Å². The molecule has 1 heterocycles. The fourth-order valence-corrected chi connectivity index (χ4v) is 2.30. The van der Waals surface area contributed by atoms with E-state index in [0.717, 1.165) is 0 Å². The second kappa shape index (κ2) is 7.14. The molecule has 0 aromatic heterocycles. The van der Waals surface area contributed by atoms with Crippen molar-refractivity contribution in [3.8, 4) is 0 Å². The number of hydrogen-bond donors (Lipinski definition) is 2. The SMILES string of the molecule is NC(=O)CN1CCN(CC(=O)Nc2cccc(F)c2)CC1. The van der Waals surface area contributed by atoms with Gasteiger partial charge in [-0.15, -0.1) is 0 Å². The van der Waals surface area contributed by atoms with Gasteiger partial charge in [-0.25, -0.2) is 4.39 Å². The Morgan fingerprint density at radius 3 is 2.33 bits per heavy atom. The number of amides is 2. The number of nitrogens with one attached hydrogen (secondary N) is 1. The molecule has 2 amide bonds. The topological polar surface area (TPSA) is 78.7 Å². The maximum absolute atomic E-state index is 13.0. The van der Waals surface area contributed by atoms with Crippen LogP contribution in [0, 0.1) is 5.82 Å². The Labute approximate surface area is 122 Å². The number of halogens is 1. The smallest absolute Gasteiger partial charge is 0.238 e. The first-order valence-corrected chi connectivity index (χ1v) is 6.81. The molecule has 1 aromatic rings. The average molecular weight is 294 g/mol. The second-order valence-corrected chi connectivity index (χ2v) is 5.08. The molecule has 114 valence electrons. The van der Waals surface area contributed by atoms with Gasteiger partial charge < -0.3 is 11.1 Å². The number of anilines is 1. The third kappa shape index (κ3) is 5.13. The zero-order valence-electron chi connectivity index (χ0n) is 11.7. The summed E-state index contributed by atoms with van der Waals surface area (Å²) in [4.78, 5) is 26.7. The van der Waals surface area contributed by atoms with Crippen molar-refractivity contribution in [1.29, 1.82) is 0 Å². The highest BCUT2D eigenvalue weighted by Gasteiger charge is 2.19. The van der Waals surface area contributed by atoms with E-state index < -0.39 is 0 Å². The number of primary amides is 1. The van der Waals surface area contributed by atoms with Gasteiger partial charge in [0, 0.05) is 31.9 Å².